The first-order chi connectivity index (χ1) is 6.36. The second-order valence-corrected chi connectivity index (χ2v) is 3.69. The van der Waals surface area contributed by atoms with Gasteiger partial charge in [0.2, 0.25) is 0 Å². The monoisotopic (exact) mass is 176 g/mol. The summed E-state index contributed by atoms with van der Waals surface area (Å²) >= 11 is 0. The van der Waals surface area contributed by atoms with Crippen LogP contribution >= 0.6 is 0 Å². The Morgan fingerprint density at radius 1 is 1.31 bits per heavy atom. The Balaban J connectivity index is 2.28. The normalized spacial score (nSPS) is 17.3. The summed E-state index contributed by atoms with van der Waals surface area (Å²) < 4.78 is 0. The van der Waals surface area contributed by atoms with Crippen molar-refractivity contribution < 1.29 is 0 Å². The Kier molecular flexibility index (Phi) is 2.60. The van der Waals surface area contributed by atoms with Crippen molar-refractivity contribution in [2.75, 3.05) is 6.54 Å². The van der Waals surface area contributed by atoms with Gasteiger partial charge in [-0.1, -0.05) is 6.07 Å². The van der Waals surface area contributed by atoms with Crippen molar-refractivity contribution in [1.29, 1.82) is 0 Å². The van der Waals surface area contributed by atoms with Crippen molar-refractivity contribution in [2.45, 2.75) is 32.7 Å². The van der Waals surface area contributed by atoms with E-state index in [4.69, 9.17) is 0 Å². The predicted octanol–water partition coefficient (Wildman–Crippen LogP) is 1.82. The van der Waals surface area contributed by atoms with Crippen molar-refractivity contribution in [2.24, 2.45) is 0 Å². The molecule has 0 amide bonds. The highest BCUT2D eigenvalue weighted by molar-refractivity contribution is 5.23. The van der Waals surface area contributed by atoms with Gasteiger partial charge in [0, 0.05) is 17.9 Å². The number of rotatable bonds is 0. The van der Waals surface area contributed by atoms with Gasteiger partial charge in [0.05, 0.1) is 0 Å². The van der Waals surface area contributed by atoms with Crippen molar-refractivity contribution in [3.8, 4) is 0 Å². The van der Waals surface area contributed by atoms with E-state index < -0.39 is 0 Å². The lowest BCUT2D eigenvalue weighted by molar-refractivity contribution is 0.590. The lowest BCUT2D eigenvalue weighted by Crippen LogP contribution is -2.19. The summed E-state index contributed by atoms with van der Waals surface area (Å²) in [5.41, 5.74) is 3.82. The highest BCUT2D eigenvalue weighted by atomic mass is 14.9. The second kappa shape index (κ2) is 3.88. The summed E-state index contributed by atoms with van der Waals surface area (Å²) in [4.78, 5) is 4.58. The molecule has 2 rings (SSSR count). The van der Waals surface area contributed by atoms with Crippen LogP contribution < -0.4 is 5.32 Å². The van der Waals surface area contributed by atoms with Gasteiger partial charge < -0.3 is 5.32 Å². The van der Waals surface area contributed by atoms with Crippen molar-refractivity contribution in [3.05, 3.63) is 29.1 Å². The fraction of sp³-hybridized carbons (Fsp3) is 0.545. The number of aryl methyl sites for hydroxylation is 2. The van der Waals surface area contributed by atoms with Crippen molar-refractivity contribution >= 4 is 0 Å². The zero-order valence-electron chi connectivity index (χ0n) is 8.14. The van der Waals surface area contributed by atoms with Crippen LogP contribution in [0.4, 0.5) is 0 Å². The molecule has 0 fully saturated rings. The van der Waals surface area contributed by atoms with E-state index >= 15 is 0 Å². The van der Waals surface area contributed by atoms with E-state index in [0.29, 0.717) is 0 Å². The summed E-state index contributed by atoms with van der Waals surface area (Å²) in [6, 6.07) is 4.30. The zero-order chi connectivity index (χ0) is 9.10. The van der Waals surface area contributed by atoms with E-state index in [2.05, 4.69) is 29.4 Å². The summed E-state index contributed by atoms with van der Waals surface area (Å²) in [5, 5.41) is 3.42. The Labute approximate surface area is 79.4 Å². The van der Waals surface area contributed by atoms with Crippen LogP contribution in [0, 0.1) is 6.92 Å². The van der Waals surface area contributed by atoms with E-state index in [1.165, 1.54) is 24.1 Å². The molecule has 13 heavy (non-hydrogen) atoms. The van der Waals surface area contributed by atoms with E-state index in [0.717, 1.165) is 25.2 Å². The number of nitrogens with one attached hydrogen (secondary N) is 1. The van der Waals surface area contributed by atoms with Gasteiger partial charge in [-0.25, -0.2) is 0 Å². The van der Waals surface area contributed by atoms with Crippen molar-refractivity contribution in [3.63, 3.8) is 0 Å². The van der Waals surface area contributed by atoms with Crippen LogP contribution in [0.3, 0.4) is 0 Å². The molecule has 0 atom stereocenters. The first-order valence-corrected chi connectivity index (χ1v) is 5.02. The minimum absolute atomic E-state index is 0.989. The average molecular weight is 176 g/mol. The molecule has 1 aliphatic heterocycles. The SMILES string of the molecule is Cc1ccc2c(n1)CCCCNC2. The maximum absolute atomic E-state index is 4.58. The van der Waals surface area contributed by atoms with Crippen molar-refractivity contribution in [1.82, 2.24) is 10.3 Å². The largest absolute Gasteiger partial charge is 0.313 e. The predicted molar refractivity (Wildman–Crippen MR) is 53.6 cm³/mol. The molecule has 0 aliphatic carbocycles. The summed E-state index contributed by atoms with van der Waals surface area (Å²) in [6.45, 7) is 4.20. The molecule has 2 heteroatoms. The third-order valence-corrected chi connectivity index (χ3v) is 2.54. The van der Waals surface area contributed by atoms with Crippen LogP contribution in [0.15, 0.2) is 12.1 Å². The fourth-order valence-electron chi connectivity index (χ4n) is 1.78. The van der Waals surface area contributed by atoms with Gasteiger partial charge in [-0.15, -0.1) is 0 Å². The number of pyridine rings is 1. The van der Waals surface area contributed by atoms with Gasteiger partial charge in [-0.2, -0.15) is 0 Å². The molecule has 1 aromatic rings. The maximum atomic E-state index is 4.58. The van der Waals surface area contributed by atoms with E-state index in [1.807, 2.05) is 0 Å². The highest BCUT2D eigenvalue weighted by Crippen LogP contribution is 2.12. The minimum Gasteiger partial charge on any atom is -0.313 e. The molecule has 1 N–H and O–H groups in total. The van der Waals surface area contributed by atoms with E-state index in [1.54, 1.807) is 0 Å². The van der Waals surface area contributed by atoms with Gasteiger partial charge in [0.25, 0.3) is 0 Å². The van der Waals surface area contributed by atoms with Crippen LogP contribution in [0.2, 0.25) is 0 Å². The quantitative estimate of drug-likeness (QED) is 0.652. The average Bonchev–Trinajstić information content (AvgIpc) is 2.08. The molecule has 1 aromatic heterocycles. The molecular weight excluding hydrogens is 160 g/mol. The number of hydrogen-bond donors (Lipinski definition) is 1. The molecular formula is C11H16N2. The highest BCUT2D eigenvalue weighted by Gasteiger charge is 2.06. The van der Waals surface area contributed by atoms with E-state index in [-0.39, 0.29) is 0 Å². The molecule has 0 saturated heterocycles. The number of hydrogen-bond acceptors (Lipinski definition) is 2. The molecule has 0 aromatic carbocycles. The second-order valence-electron chi connectivity index (χ2n) is 3.69. The molecule has 70 valence electrons. The molecule has 1 aliphatic rings. The lowest BCUT2D eigenvalue weighted by atomic mass is 10.1. The molecule has 0 saturated carbocycles. The van der Waals surface area contributed by atoms with Gasteiger partial charge in [-0.05, 0) is 44.4 Å². The molecule has 0 radical (unpaired) electrons. The van der Waals surface area contributed by atoms with Crippen LogP contribution in [0.1, 0.15) is 29.8 Å². The first kappa shape index (κ1) is 8.70. The Hall–Kier alpha value is -0.890. The smallest absolute Gasteiger partial charge is 0.0451 e. The van der Waals surface area contributed by atoms with Gasteiger partial charge >= 0.3 is 0 Å². The molecule has 0 unspecified atom stereocenters. The molecule has 0 bridgehead atoms. The Morgan fingerprint density at radius 3 is 3.15 bits per heavy atom. The topological polar surface area (TPSA) is 24.9 Å². The third kappa shape index (κ3) is 2.07. The van der Waals surface area contributed by atoms with Gasteiger partial charge in [-0.3, -0.25) is 4.98 Å². The summed E-state index contributed by atoms with van der Waals surface area (Å²) in [7, 11) is 0. The Bertz CT molecular complexity index is 294. The fourth-order valence-corrected chi connectivity index (χ4v) is 1.78. The van der Waals surface area contributed by atoms with E-state index in [9.17, 15) is 0 Å². The Morgan fingerprint density at radius 2 is 2.23 bits per heavy atom. The van der Waals surface area contributed by atoms with Gasteiger partial charge in [0.15, 0.2) is 0 Å². The first-order valence-electron chi connectivity index (χ1n) is 5.02. The van der Waals surface area contributed by atoms with Crippen LogP contribution in [0.25, 0.3) is 0 Å². The molecule has 2 heterocycles. The van der Waals surface area contributed by atoms with Gasteiger partial charge in [0.1, 0.15) is 0 Å². The molecule has 0 spiro atoms. The van der Waals surface area contributed by atoms with Crippen LogP contribution in [-0.4, -0.2) is 11.5 Å². The standard InChI is InChI=1S/C11H16N2/c1-9-5-6-10-8-12-7-3-2-4-11(10)13-9/h5-6,12H,2-4,7-8H2,1H3. The molecule has 2 nitrogen and oxygen atoms in total. The minimum atomic E-state index is 0.989. The summed E-state index contributed by atoms with van der Waals surface area (Å²) in [5.74, 6) is 0. The number of fused-ring (bicyclic) bond motifs is 1. The number of aromatic nitrogens is 1. The van der Waals surface area contributed by atoms with Crippen LogP contribution in [0.5, 0.6) is 0 Å². The maximum Gasteiger partial charge on any atom is 0.0451 e. The zero-order valence-corrected chi connectivity index (χ0v) is 8.14. The lowest BCUT2D eigenvalue weighted by Gasteiger charge is -2.14. The van der Waals surface area contributed by atoms with Crippen LogP contribution in [-0.2, 0) is 13.0 Å². The third-order valence-electron chi connectivity index (χ3n) is 2.54. The number of nitrogens with zero attached hydrogens (tertiary/aromatic N) is 1. The summed E-state index contributed by atoms with van der Waals surface area (Å²) in [6.07, 6.45) is 3.68.